The van der Waals surface area contributed by atoms with E-state index < -0.39 is 0 Å². The van der Waals surface area contributed by atoms with E-state index in [1.807, 2.05) is 23.0 Å². The number of pyridine rings is 1. The van der Waals surface area contributed by atoms with E-state index in [-0.39, 0.29) is 24.0 Å². The van der Waals surface area contributed by atoms with Gasteiger partial charge in [-0.2, -0.15) is 0 Å². The van der Waals surface area contributed by atoms with Gasteiger partial charge in [-0.3, -0.25) is 4.57 Å². The fraction of sp³-hybridized carbons (Fsp3) is 0.550. The average molecular weight is 494 g/mol. The lowest BCUT2D eigenvalue weighted by molar-refractivity contribution is 0.0767. The minimum Gasteiger partial charge on any atom is -0.374 e. The minimum absolute atomic E-state index is 0. The second-order valence-corrected chi connectivity index (χ2v) is 7.65. The summed E-state index contributed by atoms with van der Waals surface area (Å²) in [6, 6.07) is 4.05. The van der Waals surface area contributed by atoms with E-state index in [0.717, 1.165) is 37.0 Å². The highest BCUT2D eigenvalue weighted by Gasteiger charge is 2.53. The molecule has 150 valence electrons. The molecule has 0 amide bonds. The molecule has 0 saturated carbocycles. The summed E-state index contributed by atoms with van der Waals surface area (Å²) in [6.07, 6.45) is 10.7. The number of hydrogen-bond acceptors (Lipinski definition) is 4. The van der Waals surface area contributed by atoms with Crippen molar-refractivity contribution < 1.29 is 4.74 Å². The fourth-order valence-corrected chi connectivity index (χ4v) is 4.89. The van der Waals surface area contributed by atoms with E-state index in [4.69, 9.17) is 9.73 Å². The van der Waals surface area contributed by atoms with Crippen LogP contribution in [-0.4, -0.2) is 57.2 Å². The van der Waals surface area contributed by atoms with E-state index >= 15 is 0 Å². The molecule has 28 heavy (non-hydrogen) atoms. The molecule has 2 aromatic heterocycles. The van der Waals surface area contributed by atoms with E-state index in [0.29, 0.717) is 30.6 Å². The van der Waals surface area contributed by atoms with Crippen molar-refractivity contribution in [2.75, 3.05) is 19.6 Å². The molecule has 3 aliphatic rings. The maximum Gasteiger partial charge on any atom is 0.194 e. The second-order valence-electron chi connectivity index (χ2n) is 7.65. The van der Waals surface area contributed by atoms with E-state index in [9.17, 15) is 0 Å². The number of nitrogens with one attached hydrogen (secondary N) is 1. The smallest absolute Gasteiger partial charge is 0.194 e. The topological polar surface area (TPSA) is 67.6 Å². The summed E-state index contributed by atoms with van der Waals surface area (Å²) < 4.78 is 8.05. The first-order chi connectivity index (χ1) is 13.3. The summed E-state index contributed by atoms with van der Waals surface area (Å²) in [6.45, 7) is 5.70. The van der Waals surface area contributed by atoms with Gasteiger partial charge in [0.05, 0.1) is 18.8 Å². The van der Waals surface area contributed by atoms with Gasteiger partial charge in [0.1, 0.15) is 12.1 Å². The van der Waals surface area contributed by atoms with Crippen LogP contribution in [0.3, 0.4) is 0 Å². The molecule has 0 aromatic carbocycles. The van der Waals surface area contributed by atoms with E-state index in [1.165, 1.54) is 12.8 Å². The lowest BCUT2D eigenvalue weighted by Crippen LogP contribution is -2.41. The van der Waals surface area contributed by atoms with Gasteiger partial charge in [-0.1, -0.05) is 6.07 Å². The number of imidazole rings is 1. The van der Waals surface area contributed by atoms with Crippen LogP contribution in [0.25, 0.3) is 5.82 Å². The van der Waals surface area contributed by atoms with Gasteiger partial charge in [0.25, 0.3) is 0 Å². The van der Waals surface area contributed by atoms with Crippen molar-refractivity contribution in [3.05, 3.63) is 42.6 Å². The molecule has 3 aliphatic heterocycles. The first-order valence-electron chi connectivity index (χ1n) is 9.94. The van der Waals surface area contributed by atoms with Crippen LogP contribution in [0.4, 0.5) is 0 Å². The third-order valence-corrected chi connectivity index (χ3v) is 6.10. The number of aliphatic imine (C=N–C) groups is 1. The van der Waals surface area contributed by atoms with Crippen molar-refractivity contribution >= 4 is 29.9 Å². The molecule has 2 bridgehead atoms. The molecule has 4 unspecified atom stereocenters. The molecule has 0 spiro atoms. The van der Waals surface area contributed by atoms with E-state index in [1.54, 1.807) is 12.5 Å². The van der Waals surface area contributed by atoms with Crippen LogP contribution < -0.4 is 5.32 Å². The zero-order valence-corrected chi connectivity index (χ0v) is 18.4. The largest absolute Gasteiger partial charge is 0.374 e. The van der Waals surface area contributed by atoms with Gasteiger partial charge >= 0.3 is 0 Å². The minimum atomic E-state index is 0. The molecule has 1 N–H and O–H groups in total. The number of likely N-dealkylation sites (tertiary alicyclic amines) is 1. The quantitative estimate of drug-likeness (QED) is 0.402. The van der Waals surface area contributed by atoms with Crippen molar-refractivity contribution in [3.63, 3.8) is 0 Å². The predicted octanol–water partition coefficient (Wildman–Crippen LogP) is 2.46. The first kappa shape index (κ1) is 19.6. The summed E-state index contributed by atoms with van der Waals surface area (Å²) in [7, 11) is 0. The van der Waals surface area contributed by atoms with Crippen LogP contribution >= 0.6 is 24.0 Å². The third-order valence-electron chi connectivity index (χ3n) is 6.10. The lowest BCUT2D eigenvalue weighted by atomic mass is 9.82. The molecule has 3 saturated heterocycles. The van der Waals surface area contributed by atoms with Crippen LogP contribution in [0.15, 0.2) is 42.0 Å². The van der Waals surface area contributed by atoms with Gasteiger partial charge in [0.2, 0.25) is 0 Å². The maximum atomic E-state index is 6.11. The molecule has 0 aliphatic carbocycles. The highest BCUT2D eigenvalue weighted by molar-refractivity contribution is 14.0. The van der Waals surface area contributed by atoms with Crippen LogP contribution in [-0.2, 0) is 11.3 Å². The number of rotatable bonds is 4. The highest BCUT2D eigenvalue weighted by atomic mass is 127. The van der Waals surface area contributed by atoms with Crippen LogP contribution in [0, 0.1) is 11.8 Å². The third kappa shape index (κ3) is 3.52. The Balaban J connectivity index is 0.00000192. The zero-order valence-electron chi connectivity index (χ0n) is 16.1. The van der Waals surface area contributed by atoms with Crippen molar-refractivity contribution in [1.29, 1.82) is 0 Å². The Morgan fingerprint density at radius 3 is 2.71 bits per heavy atom. The Morgan fingerprint density at radius 1 is 1.25 bits per heavy atom. The van der Waals surface area contributed by atoms with Crippen LogP contribution in [0.5, 0.6) is 0 Å². The Morgan fingerprint density at radius 2 is 2.04 bits per heavy atom. The first-order valence-corrected chi connectivity index (χ1v) is 9.94. The van der Waals surface area contributed by atoms with Gasteiger partial charge < -0.3 is 15.0 Å². The average Bonchev–Trinajstić information content (AvgIpc) is 3.47. The Bertz CT molecular complexity index is 808. The molecule has 3 fully saturated rings. The Kier molecular flexibility index (Phi) is 5.86. The van der Waals surface area contributed by atoms with Crippen molar-refractivity contribution in [3.8, 4) is 5.82 Å². The normalized spacial score (nSPS) is 28.3. The standard InChI is InChI=1S/C20H26N6O.HI/c1-2-22-20(26-11-15-16(12-26)18-6-5-17(15)27-18)24-10-14-4-3-7-23-19(14)25-9-8-21-13-25;/h3-4,7-9,13,15-18H,2,5-6,10-12H2,1H3,(H,22,24);1H. The Labute approximate surface area is 182 Å². The van der Waals surface area contributed by atoms with Crippen molar-refractivity contribution in [2.45, 2.75) is 38.5 Å². The molecular weight excluding hydrogens is 467 g/mol. The van der Waals surface area contributed by atoms with Gasteiger partial charge in [-0.15, -0.1) is 24.0 Å². The Hall–Kier alpha value is -1.68. The number of halogens is 1. The van der Waals surface area contributed by atoms with Gasteiger partial charge in [0.15, 0.2) is 5.96 Å². The molecule has 0 radical (unpaired) electrons. The molecule has 5 rings (SSSR count). The summed E-state index contributed by atoms with van der Waals surface area (Å²) in [5.41, 5.74) is 1.09. The molecule has 4 atom stereocenters. The second kappa shape index (κ2) is 8.36. The predicted molar refractivity (Wildman–Crippen MR) is 118 cm³/mol. The summed E-state index contributed by atoms with van der Waals surface area (Å²) >= 11 is 0. The molecule has 2 aromatic rings. The number of fused-ring (bicyclic) bond motifs is 5. The van der Waals surface area contributed by atoms with Crippen LogP contribution in [0.1, 0.15) is 25.3 Å². The van der Waals surface area contributed by atoms with E-state index in [2.05, 4.69) is 33.2 Å². The highest BCUT2D eigenvalue weighted by Crippen LogP contribution is 2.47. The van der Waals surface area contributed by atoms with Gasteiger partial charge in [-0.05, 0) is 25.8 Å². The summed E-state index contributed by atoms with van der Waals surface area (Å²) in [5.74, 6) is 3.24. The number of guanidine groups is 1. The summed E-state index contributed by atoms with van der Waals surface area (Å²) in [5, 5.41) is 3.48. The molecule has 7 nitrogen and oxygen atoms in total. The number of ether oxygens (including phenoxy) is 1. The molecule has 5 heterocycles. The number of nitrogens with zero attached hydrogens (tertiary/aromatic N) is 5. The zero-order chi connectivity index (χ0) is 18.2. The monoisotopic (exact) mass is 494 g/mol. The SMILES string of the molecule is CCNC(=NCc1cccnc1-n1ccnc1)N1CC2C3CCC(O3)C2C1.I. The van der Waals surface area contributed by atoms with Crippen LogP contribution in [0.2, 0.25) is 0 Å². The molecular formula is C20H27IN6O. The number of hydrogen-bond donors (Lipinski definition) is 1. The van der Waals surface area contributed by atoms with Gasteiger partial charge in [-0.25, -0.2) is 15.0 Å². The van der Waals surface area contributed by atoms with Crippen molar-refractivity contribution in [1.82, 2.24) is 24.8 Å². The number of aromatic nitrogens is 3. The fourth-order valence-electron chi connectivity index (χ4n) is 4.89. The molecule has 8 heteroatoms. The van der Waals surface area contributed by atoms with Gasteiger partial charge in [0, 0.05) is 55.6 Å². The summed E-state index contributed by atoms with van der Waals surface area (Å²) in [4.78, 5) is 16.0. The van der Waals surface area contributed by atoms with Crippen molar-refractivity contribution in [2.24, 2.45) is 16.8 Å². The maximum absolute atomic E-state index is 6.11. The lowest BCUT2D eigenvalue weighted by Gasteiger charge is -2.23.